The summed E-state index contributed by atoms with van der Waals surface area (Å²) in [5.41, 5.74) is 1.29. The highest BCUT2D eigenvalue weighted by Gasteiger charge is 2.24. The zero-order chi connectivity index (χ0) is 23.2. The second-order valence-corrected chi connectivity index (χ2v) is 7.58. The molecular formula is C23H27ClN6O4. The topological polar surface area (TPSA) is 104 Å². The molecule has 0 aliphatic carbocycles. The fraction of sp³-hybridized carbons (Fsp3) is 0.391. The highest BCUT2D eigenvalue weighted by atomic mass is 35.5. The number of benzene rings is 1. The lowest BCUT2D eigenvalue weighted by Crippen LogP contribution is -2.44. The van der Waals surface area contributed by atoms with Gasteiger partial charge in [-0.3, -0.25) is 13.9 Å². The van der Waals surface area contributed by atoms with Crippen LogP contribution in [0.4, 0.5) is 5.95 Å². The van der Waals surface area contributed by atoms with Crippen molar-refractivity contribution < 1.29 is 14.6 Å². The molecule has 34 heavy (non-hydrogen) atoms. The molecule has 1 saturated heterocycles. The van der Waals surface area contributed by atoms with Gasteiger partial charge in [0, 0.05) is 39.6 Å². The molecule has 0 saturated carbocycles. The fourth-order valence-electron chi connectivity index (χ4n) is 3.74. The Bertz CT molecular complexity index is 1260. The van der Waals surface area contributed by atoms with Crippen molar-refractivity contribution in [2.75, 3.05) is 31.1 Å². The van der Waals surface area contributed by atoms with Gasteiger partial charge in [-0.25, -0.2) is 14.6 Å². The Morgan fingerprint density at radius 3 is 2.56 bits per heavy atom. The Labute approximate surface area is 203 Å². The maximum Gasteiger partial charge on any atom is 0.352 e. The molecule has 0 unspecified atom stereocenters. The van der Waals surface area contributed by atoms with Gasteiger partial charge in [-0.1, -0.05) is 36.3 Å². The molecule has 4 rings (SSSR count). The van der Waals surface area contributed by atoms with E-state index in [9.17, 15) is 9.59 Å². The third-order valence-electron chi connectivity index (χ3n) is 5.32. The molecule has 0 amide bonds. The van der Waals surface area contributed by atoms with Gasteiger partial charge in [-0.15, -0.1) is 18.3 Å². The molecule has 0 bridgehead atoms. The third kappa shape index (κ3) is 5.50. The Morgan fingerprint density at radius 1 is 1.15 bits per heavy atom. The van der Waals surface area contributed by atoms with E-state index in [-0.39, 0.29) is 36.2 Å². The molecule has 1 aliphatic heterocycles. The van der Waals surface area contributed by atoms with E-state index in [1.807, 2.05) is 30.3 Å². The molecule has 1 fully saturated rings. The molecule has 180 valence electrons. The second kappa shape index (κ2) is 11.5. The molecule has 11 heteroatoms. The molecule has 3 heterocycles. The van der Waals surface area contributed by atoms with Crippen molar-refractivity contribution in [2.45, 2.75) is 33.4 Å². The zero-order valence-corrected chi connectivity index (χ0v) is 19.9. The minimum Gasteiger partial charge on any atom is -0.340 e. The summed E-state index contributed by atoms with van der Waals surface area (Å²) in [6.07, 6.45) is 0.567. The van der Waals surface area contributed by atoms with Crippen molar-refractivity contribution in [2.24, 2.45) is 0 Å². The van der Waals surface area contributed by atoms with Crippen LogP contribution in [0.15, 0.2) is 35.1 Å². The standard InChI is InChI=1S/C23H26N6O4.ClH/c1-3-4-13-28-19-20(25-22(28)27-15-11-24-12-16-27)26-23(33-32-17(2)30)29(21(19)31)14-10-18-8-6-5-7-9-18;/h5-9,24H,10-16H2,1-2H3;1H. The first-order valence-electron chi connectivity index (χ1n) is 10.8. The lowest BCUT2D eigenvalue weighted by atomic mass is 10.1. The number of piperazine rings is 1. The Balaban J connectivity index is 0.00000324. The van der Waals surface area contributed by atoms with Crippen LogP contribution in [0.1, 0.15) is 19.4 Å². The van der Waals surface area contributed by atoms with Crippen molar-refractivity contribution in [1.29, 1.82) is 0 Å². The number of fused-ring (bicyclic) bond motifs is 1. The first-order chi connectivity index (χ1) is 16.1. The van der Waals surface area contributed by atoms with E-state index in [2.05, 4.69) is 32.0 Å². The molecule has 0 atom stereocenters. The van der Waals surface area contributed by atoms with Crippen LogP contribution in [0.3, 0.4) is 0 Å². The molecule has 1 aromatic carbocycles. The minimum atomic E-state index is -0.649. The number of nitrogens with zero attached hydrogens (tertiary/aromatic N) is 5. The van der Waals surface area contributed by atoms with Crippen LogP contribution in [0, 0.1) is 11.8 Å². The van der Waals surface area contributed by atoms with E-state index in [1.165, 1.54) is 11.5 Å². The number of aromatic nitrogens is 4. The van der Waals surface area contributed by atoms with Gasteiger partial charge >= 0.3 is 12.0 Å². The summed E-state index contributed by atoms with van der Waals surface area (Å²) >= 11 is 0. The fourth-order valence-corrected chi connectivity index (χ4v) is 3.74. The van der Waals surface area contributed by atoms with Gasteiger partial charge in [0.25, 0.3) is 5.56 Å². The van der Waals surface area contributed by atoms with E-state index in [0.717, 1.165) is 31.7 Å². The predicted octanol–water partition coefficient (Wildman–Crippen LogP) is 1.55. The van der Waals surface area contributed by atoms with Crippen molar-refractivity contribution >= 4 is 35.5 Å². The first-order valence-corrected chi connectivity index (χ1v) is 10.8. The van der Waals surface area contributed by atoms with Gasteiger partial charge in [0.2, 0.25) is 5.95 Å². The third-order valence-corrected chi connectivity index (χ3v) is 5.32. The molecule has 1 N–H and O–H groups in total. The zero-order valence-electron chi connectivity index (χ0n) is 19.1. The number of anilines is 1. The van der Waals surface area contributed by atoms with E-state index < -0.39 is 5.97 Å². The largest absolute Gasteiger partial charge is 0.352 e. The van der Waals surface area contributed by atoms with Crippen LogP contribution in [0.2, 0.25) is 0 Å². The van der Waals surface area contributed by atoms with Gasteiger partial charge in [0.05, 0.1) is 6.54 Å². The number of aryl methyl sites for hydroxylation is 1. The van der Waals surface area contributed by atoms with Crippen LogP contribution in [0.5, 0.6) is 6.01 Å². The SMILES string of the molecule is CC#CCn1c(N2CCNCC2)nc2nc(OOC(C)=O)n(CCc3ccccc3)c(=O)c21.Cl. The van der Waals surface area contributed by atoms with E-state index >= 15 is 0 Å². The van der Waals surface area contributed by atoms with Crippen molar-refractivity contribution in [3.63, 3.8) is 0 Å². The number of rotatable bonds is 7. The number of hydrogen-bond donors (Lipinski definition) is 1. The van der Waals surface area contributed by atoms with Gasteiger partial charge < -0.3 is 10.2 Å². The van der Waals surface area contributed by atoms with Crippen LogP contribution in [-0.2, 0) is 29.2 Å². The lowest BCUT2D eigenvalue weighted by molar-refractivity contribution is -0.215. The van der Waals surface area contributed by atoms with Crippen LogP contribution in [-0.4, -0.2) is 51.3 Å². The molecular weight excluding hydrogens is 460 g/mol. The summed E-state index contributed by atoms with van der Waals surface area (Å²) in [5.74, 6) is 5.91. The van der Waals surface area contributed by atoms with Crippen LogP contribution >= 0.6 is 12.4 Å². The maximum absolute atomic E-state index is 13.7. The highest BCUT2D eigenvalue weighted by Crippen LogP contribution is 2.22. The summed E-state index contributed by atoms with van der Waals surface area (Å²) in [7, 11) is 0. The molecule has 10 nitrogen and oxygen atoms in total. The summed E-state index contributed by atoms with van der Waals surface area (Å²) in [6, 6.07) is 9.66. The summed E-state index contributed by atoms with van der Waals surface area (Å²) in [4.78, 5) is 46.0. The number of nitrogens with one attached hydrogen (secondary N) is 1. The van der Waals surface area contributed by atoms with Crippen LogP contribution in [0.25, 0.3) is 11.2 Å². The predicted molar refractivity (Wildman–Crippen MR) is 130 cm³/mol. The smallest absolute Gasteiger partial charge is 0.340 e. The normalized spacial score (nSPS) is 13.1. The van der Waals surface area contributed by atoms with Gasteiger partial charge in [-0.05, 0) is 18.9 Å². The molecule has 1 aliphatic rings. The lowest BCUT2D eigenvalue weighted by Gasteiger charge is -2.28. The van der Waals surface area contributed by atoms with Crippen molar-refractivity contribution in [3.8, 4) is 17.9 Å². The minimum absolute atomic E-state index is 0. The number of carbonyl (C=O) groups is 1. The number of imidazole rings is 1. The maximum atomic E-state index is 13.7. The number of halogens is 1. The van der Waals surface area contributed by atoms with Gasteiger partial charge in [0.15, 0.2) is 11.2 Å². The Morgan fingerprint density at radius 2 is 1.88 bits per heavy atom. The summed E-state index contributed by atoms with van der Waals surface area (Å²) in [5, 5.41) is 3.31. The quantitative estimate of drug-likeness (QED) is 0.305. The second-order valence-electron chi connectivity index (χ2n) is 7.58. The van der Waals surface area contributed by atoms with Crippen molar-refractivity contribution in [1.82, 2.24) is 24.4 Å². The van der Waals surface area contributed by atoms with Crippen molar-refractivity contribution in [3.05, 3.63) is 46.2 Å². The highest BCUT2D eigenvalue weighted by molar-refractivity contribution is 5.85. The van der Waals surface area contributed by atoms with E-state index in [1.54, 1.807) is 11.5 Å². The van der Waals surface area contributed by atoms with E-state index in [4.69, 9.17) is 9.78 Å². The molecule has 0 radical (unpaired) electrons. The van der Waals surface area contributed by atoms with E-state index in [0.29, 0.717) is 24.4 Å². The first kappa shape index (κ1) is 25.1. The Kier molecular flexibility index (Phi) is 8.51. The average Bonchev–Trinajstić information content (AvgIpc) is 3.20. The monoisotopic (exact) mass is 486 g/mol. The van der Waals surface area contributed by atoms with Crippen LogP contribution < -0.4 is 20.7 Å². The average molecular weight is 487 g/mol. The summed E-state index contributed by atoms with van der Waals surface area (Å²) in [6.45, 7) is 6.71. The van der Waals surface area contributed by atoms with Gasteiger partial charge in [0.1, 0.15) is 0 Å². The molecule has 0 spiro atoms. The summed E-state index contributed by atoms with van der Waals surface area (Å²) < 4.78 is 3.18. The Hall–Kier alpha value is -3.55. The molecule has 3 aromatic rings. The number of carbonyl (C=O) groups excluding carboxylic acids is 1. The number of hydrogen-bond acceptors (Lipinski definition) is 8. The van der Waals surface area contributed by atoms with Gasteiger partial charge in [-0.2, -0.15) is 9.97 Å². The molecule has 2 aromatic heterocycles.